The molecule has 0 radical (unpaired) electrons. The van der Waals surface area contributed by atoms with Crippen LogP contribution in [0.5, 0.6) is 5.75 Å². The van der Waals surface area contributed by atoms with Gasteiger partial charge >= 0.3 is 0 Å². The molecule has 0 spiro atoms. The lowest BCUT2D eigenvalue weighted by atomic mass is 10.1. The minimum Gasteiger partial charge on any atom is -0.489 e. The quantitative estimate of drug-likeness (QED) is 0.450. The van der Waals surface area contributed by atoms with Crippen molar-refractivity contribution in [1.29, 1.82) is 5.26 Å². The van der Waals surface area contributed by atoms with Gasteiger partial charge in [0.25, 0.3) is 11.1 Å². The SMILES string of the molecule is CCN1C(=O)S/C(=C/c2cc(C)n(-c3ccc(OCc4ccccc4C#N)cc3)c2C)C1=O. The number of carbonyl (C=O) groups excluding carboxylic acids is 2. The number of imide groups is 1. The Hall–Kier alpha value is -3.76. The molecule has 3 aromatic rings. The van der Waals surface area contributed by atoms with Gasteiger partial charge in [-0.2, -0.15) is 5.26 Å². The molecular weight excluding hydrogens is 434 g/mol. The highest BCUT2D eigenvalue weighted by Crippen LogP contribution is 2.33. The third kappa shape index (κ3) is 4.43. The highest BCUT2D eigenvalue weighted by atomic mass is 32.2. The largest absolute Gasteiger partial charge is 0.489 e. The molecule has 1 saturated heterocycles. The predicted molar refractivity (Wildman–Crippen MR) is 129 cm³/mol. The first-order valence-corrected chi connectivity index (χ1v) is 11.4. The zero-order valence-corrected chi connectivity index (χ0v) is 19.5. The number of hydrogen-bond acceptors (Lipinski definition) is 5. The summed E-state index contributed by atoms with van der Waals surface area (Å²) in [6, 6.07) is 19.3. The number of carbonyl (C=O) groups is 2. The van der Waals surface area contributed by atoms with Crippen LogP contribution in [0.15, 0.2) is 59.5 Å². The van der Waals surface area contributed by atoms with Gasteiger partial charge in [-0.05, 0) is 80.6 Å². The van der Waals surface area contributed by atoms with Gasteiger partial charge in [0, 0.05) is 29.2 Å². The fourth-order valence-electron chi connectivity index (χ4n) is 3.85. The van der Waals surface area contributed by atoms with Crippen LogP contribution in [-0.2, 0) is 11.4 Å². The number of hydrogen-bond donors (Lipinski definition) is 0. The number of amides is 2. The van der Waals surface area contributed by atoms with Crippen LogP contribution in [0.2, 0.25) is 0 Å². The van der Waals surface area contributed by atoms with Crippen LogP contribution in [0, 0.1) is 25.2 Å². The van der Waals surface area contributed by atoms with Crippen LogP contribution in [0.4, 0.5) is 4.79 Å². The lowest BCUT2D eigenvalue weighted by molar-refractivity contribution is -0.122. The summed E-state index contributed by atoms with van der Waals surface area (Å²) in [7, 11) is 0. The van der Waals surface area contributed by atoms with Crippen molar-refractivity contribution in [2.75, 3.05) is 6.54 Å². The van der Waals surface area contributed by atoms with Gasteiger partial charge in [-0.1, -0.05) is 18.2 Å². The minimum atomic E-state index is -0.239. The van der Waals surface area contributed by atoms with Crippen molar-refractivity contribution in [3.63, 3.8) is 0 Å². The molecule has 0 atom stereocenters. The fourth-order valence-corrected chi connectivity index (χ4v) is 4.75. The Morgan fingerprint density at radius 3 is 2.48 bits per heavy atom. The van der Waals surface area contributed by atoms with Gasteiger partial charge < -0.3 is 9.30 Å². The summed E-state index contributed by atoms with van der Waals surface area (Å²) in [5.74, 6) is 0.471. The molecule has 1 fully saturated rings. The molecule has 0 saturated carbocycles. The lowest BCUT2D eigenvalue weighted by Gasteiger charge is -2.12. The second-order valence-corrected chi connectivity index (χ2v) is 8.63. The first-order chi connectivity index (χ1) is 15.9. The van der Waals surface area contributed by atoms with Gasteiger partial charge in [-0.15, -0.1) is 0 Å². The molecule has 2 amide bonds. The molecule has 166 valence electrons. The van der Waals surface area contributed by atoms with E-state index in [1.54, 1.807) is 19.1 Å². The molecule has 0 N–H and O–H groups in total. The molecule has 1 aromatic heterocycles. The summed E-state index contributed by atoms with van der Waals surface area (Å²) in [5.41, 5.74) is 5.33. The molecule has 0 bridgehead atoms. The number of nitriles is 1. The van der Waals surface area contributed by atoms with Crippen molar-refractivity contribution >= 4 is 29.0 Å². The second kappa shape index (κ2) is 9.39. The minimum absolute atomic E-state index is 0.226. The Bertz CT molecular complexity index is 1300. The van der Waals surface area contributed by atoms with Crippen LogP contribution in [0.1, 0.15) is 35.0 Å². The van der Waals surface area contributed by atoms with E-state index in [0.717, 1.165) is 40.0 Å². The maximum absolute atomic E-state index is 12.4. The van der Waals surface area contributed by atoms with Crippen molar-refractivity contribution in [2.24, 2.45) is 0 Å². The molecule has 7 heteroatoms. The number of aromatic nitrogens is 1. The van der Waals surface area contributed by atoms with Gasteiger partial charge in [0.05, 0.1) is 16.5 Å². The molecule has 6 nitrogen and oxygen atoms in total. The van der Waals surface area contributed by atoms with Gasteiger partial charge in [-0.25, -0.2) is 0 Å². The number of likely N-dealkylation sites (N-methyl/N-ethyl adjacent to an activating group) is 1. The zero-order valence-electron chi connectivity index (χ0n) is 18.7. The first-order valence-electron chi connectivity index (χ1n) is 10.6. The van der Waals surface area contributed by atoms with Gasteiger partial charge in [0.1, 0.15) is 12.4 Å². The van der Waals surface area contributed by atoms with E-state index < -0.39 is 0 Å². The number of benzene rings is 2. The monoisotopic (exact) mass is 457 g/mol. The van der Waals surface area contributed by atoms with Crippen molar-refractivity contribution in [2.45, 2.75) is 27.4 Å². The maximum atomic E-state index is 12.4. The van der Waals surface area contributed by atoms with Crippen LogP contribution < -0.4 is 4.74 Å². The number of aryl methyl sites for hydroxylation is 1. The van der Waals surface area contributed by atoms with E-state index in [-0.39, 0.29) is 11.1 Å². The Kier molecular flexibility index (Phi) is 6.38. The zero-order chi connectivity index (χ0) is 23.5. The molecule has 1 aliphatic heterocycles. The fraction of sp³-hybridized carbons (Fsp3) is 0.192. The van der Waals surface area contributed by atoms with E-state index >= 15 is 0 Å². The predicted octanol–water partition coefficient (Wildman–Crippen LogP) is 5.60. The van der Waals surface area contributed by atoms with E-state index in [0.29, 0.717) is 29.4 Å². The Morgan fingerprint density at radius 2 is 1.82 bits per heavy atom. The normalized spacial score (nSPS) is 14.7. The van der Waals surface area contributed by atoms with E-state index in [9.17, 15) is 14.9 Å². The summed E-state index contributed by atoms with van der Waals surface area (Å²) < 4.78 is 7.98. The van der Waals surface area contributed by atoms with E-state index in [1.807, 2.05) is 62.4 Å². The lowest BCUT2D eigenvalue weighted by Crippen LogP contribution is -2.27. The van der Waals surface area contributed by atoms with Gasteiger partial charge in [-0.3, -0.25) is 14.5 Å². The topological polar surface area (TPSA) is 75.3 Å². The third-order valence-electron chi connectivity index (χ3n) is 5.57. The average Bonchev–Trinajstić information content (AvgIpc) is 3.26. The summed E-state index contributed by atoms with van der Waals surface area (Å²) in [6.07, 6.45) is 1.80. The molecule has 2 aromatic carbocycles. The average molecular weight is 458 g/mol. The molecule has 33 heavy (non-hydrogen) atoms. The van der Waals surface area contributed by atoms with Crippen molar-refractivity contribution in [3.8, 4) is 17.5 Å². The summed E-state index contributed by atoms with van der Waals surface area (Å²) in [5, 5.41) is 9.00. The van der Waals surface area contributed by atoms with Crippen molar-refractivity contribution < 1.29 is 14.3 Å². The van der Waals surface area contributed by atoms with Crippen molar-refractivity contribution in [1.82, 2.24) is 9.47 Å². The number of thioether (sulfide) groups is 1. The van der Waals surface area contributed by atoms with Gasteiger partial charge in [0.15, 0.2) is 0 Å². The van der Waals surface area contributed by atoms with Crippen LogP contribution >= 0.6 is 11.8 Å². The molecule has 2 heterocycles. The van der Waals surface area contributed by atoms with E-state index in [2.05, 4.69) is 10.6 Å². The Morgan fingerprint density at radius 1 is 1.09 bits per heavy atom. The molecule has 0 unspecified atom stereocenters. The van der Waals surface area contributed by atoms with Crippen molar-refractivity contribution in [3.05, 3.63) is 87.6 Å². The molecule has 4 rings (SSSR count). The molecule has 0 aliphatic carbocycles. The maximum Gasteiger partial charge on any atom is 0.293 e. The first kappa shape index (κ1) is 22.4. The molecule has 1 aliphatic rings. The Balaban J connectivity index is 1.54. The highest BCUT2D eigenvalue weighted by Gasteiger charge is 2.33. The number of rotatable bonds is 6. The number of ether oxygens (including phenoxy) is 1. The van der Waals surface area contributed by atoms with Crippen LogP contribution in [0.25, 0.3) is 11.8 Å². The molecular formula is C26H23N3O3S. The van der Waals surface area contributed by atoms with Crippen LogP contribution in [0.3, 0.4) is 0 Å². The standard InChI is InChI=1S/C26H23N3O3S/c1-4-28-25(30)24(33-26(28)31)14-21-13-17(2)29(18(21)3)22-9-11-23(12-10-22)32-16-20-8-6-5-7-19(20)15-27/h5-14H,4,16H2,1-3H3/b24-14+. The van der Waals surface area contributed by atoms with Crippen LogP contribution in [-0.4, -0.2) is 27.2 Å². The highest BCUT2D eigenvalue weighted by molar-refractivity contribution is 8.18. The summed E-state index contributed by atoms with van der Waals surface area (Å²) in [6.45, 7) is 6.48. The van der Waals surface area contributed by atoms with E-state index in [1.165, 1.54) is 4.90 Å². The van der Waals surface area contributed by atoms with Gasteiger partial charge in [0.2, 0.25) is 0 Å². The summed E-state index contributed by atoms with van der Waals surface area (Å²) in [4.78, 5) is 26.1. The summed E-state index contributed by atoms with van der Waals surface area (Å²) >= 11 is 0.982. The number of nitrogens with zero attached hydrogens (tertiary/aromatic N) is 3. The third-order valence-corrected chi connectivity index (χ3v) is 6.48. The van der Waals surface area contributed by atoms with E-state index in [4.69, 9.17) is 4.74 Å². The second-order valence-electron chi connectivity index (χ2n) is 7.64. The smallest absolute Gasteiger partial charge is 0.293 e. The Labute approximate surface area is 197 Å².